The van der Waals surface area contributed by atoms with Crippen LogP contribution in [0.4, 0.5) is 0 Å². The molecule has 0 bridgehead atoms. The van der Waals surface area contributed by atoms with Gasteiger partial charge >= 0.3 is 17.9 Å². The third kappa shape index (κ3) is 65.1. The Morgan fingerprint density at radius 1 is 0.208 bits per heavy atom. The molecule has 1 atom stereocenters. The van der Waals surface area contributed by atoms with Crippen molar-refractivity contribution < 1.29 is 28.6 Å². The van der Waals surface area contributed by atoms with Crippen molar-refractivity contribution in [3.8, 4) is 0 Å². The molecule has 77 heavy (non-hydrogen) atoms. The summed E-state index contributed by atoms with van der Waals surface area (Å²) in [5.74, 6) is -0.837. The molecule has 0 aliphatic carbocycles. The standard InChI is InChI=1S/C71H138O6/c1-4-7-10-13-16-18-20-22-24-26-28-30-32-34-36-38-39-41-43-45-47-49-51-53-55-58-61-64-70(73)76-67-68(66-75-69(72)63-60-57-15-12-9-6-3)77-71(74)65-62-59-56-54-52-50-48-46-44-42-40-37-35-33-31-29-27-25-23-21-19-17-14-11-8-5-2/h68H,4-67H2,1-3H3. The summed E-state index contributed by atoms with van der Waals surface area (Å²) >= 11 is 0. The molecule has 0 aliphatic heterocycles. The maximum absolute atomic E-state index is 12.9. The van der Waals surface area contributed by atoms with Crippen molar-refractivity contribution in [1.29, 1.82) is 0 Å². The summed E-state index contributed by atoms with van der Waals surface area (Å²) in [7, 11) is 0. The highest BCUT2D eigenvalue weighted by Crippen LogP contribution is 2.20. The van der Waals surface area contributed by atoms with Crippen LogP contribution in [0.5, 0.6) is 0 Å². The molecule has 6 heteroatoms. The van der Waals surface area contributed by atoms with Gasteiger partial charge in [-0.05, 0) is 19.3 Å². The van der Waals surface area contributed by atoms with Gasteiger partial charge in [-0.25, -0.2) is 0 Å². The van der Waals surface area contributed by atoms with Crippen molar-refractivity contribution in [2.24, 2.45) is 0 Å². The van der Waals surface area contributed by atoms with Gasteiger partial charge in [-0.15, -0.1) is 0 Å². The highest BCUT2D eigenvalue weighted by atomic mass is 16.6. The first kappa shape index (κ1) is 75.4. The van der Waals surface area contributed by atoms with Gasteiger partial charge in [0.25, 0.3) is 0 Å². The molecule has 0 fully saturated rings. The number of rotatable bonds is 67. The zero-order chi connectivity index (χ0) is 55.7. The van der Waals surface area contributed by atoms with Crippen molar-refractivity contribution in [3.63, 3.8) is 0 Å². The van der Waals surface area contributed by atoms with Gasteiger partial charge < -0.3 is 14.2 Å². The van der Waals surface area contributed by atoms with E-state index in [9.17, 15) is 14.4 Å². The van der Waals surface area contributed by atoms with Crippen LogP contribution in [0, 0.1) is 0 Å². The second kappa shape index (κ2) is 66.9. The number of ether oxygens (including phenoxy) is 3. The van der Waals surface area contributed by atoms with Gasteiger partial charge in [0, 0.05) is 19.3 Å². The van der Waals surface area contributed by atoms with Gasteiger partial charge in [0.2, 0.25) is 0 Å². The van der Waals surface area contributed by atoms with E-state index >= 15 is 0 Å². The van der Waals surface area contributed by atoms with E-state index in [1.807, 2.05) is 0 Å². The number of unbranched alkanes of at least 4 members (excludes halogenated alkanes) is 56. The zero-order valence-electron chi connectivity index (χ0n) is 52.8. The lowest BCUT2D eigenvalue weighted by atomic mass is 10.0. The summed E-state index contributed by atoms with van der Waals surface area (Å²) in [6.07, 6.45) is 79.0. The molecule has 1 unspecified atom stereocenters. The summed E-state index contributed by atoms with van der Waals surface area (Å²) in [5.41, 5.74) is 0. The number of hydrogen-bond donors (Lipinski definition) is 0. The molecule has 458 valence electrons. The van der Waals surface area contributed by atoms with Crippen molar-refractivity contribution in [2.45, 2.75) is 425 Å². The number of hydrogen-bond acceptors (Lipinski definition) is 6. The third-order valence-corrected chi connectivity index (χ3v) is 16.6. The number of esters is 3. The van der Waals surface area contributed by atoms with E-state index in [0.717, 1.165) is 57.8 Å². The Morgan fingerprint density at radius 3 is 0.519 bits per heavy atom. The molecule has 0 aromatic rings. The van der Waals surface area contributed by atoms with Gasteiger partial charge in [0.05, 0.1) is 0 Å². The largest absolute Gasteiger partial charge is 0.462 e. The fourth-order valence-electron chi connectivity index (χ4n) is 11.3. The van der Waals surface area contributed by atoms with Crippen LogP contribution in [0.15, 0.2) is 0 Å². The van der Waals surface area contributed by atoms with E-state index < -0.39 is 6.10 Å². The SMILES string of the molecule is CCCCCCCCCCCCCCCCCCCCCCCCCCCCCC(=O)OCC(COC(=O)CCCCCCCC)OC(=O)CCCCCCCCCCCCCCCCCCCCCCCCCCCC. The van der Waals surface area contributed by atoms with Crippen molar-refractivity contribution in [3.05, 3.63) is 0 Å². The molecule has 0 saturated carbocycles. The van der Waals surface area contributed by atoms with Crippen LogP contribution in [0.2, 0.25) is 0 Å². The predicted octanol–water partition coefficient (Wildman–Crippen LogP) is 24.2. The fraction of sp³-hybridized carbons (Fsp3) is 0.958. The summed E-state index contributed by atoms with van der Waals surface area (Å²) in [5, 5.41) is 0. The van der Waals surface area contributed by atoms with Crippen LogP contribution in [0.25, 0.3) is 0 Å². The molecule has 0 saturated heterocycles. The summed E-state index contributed by atoms with van der Waals surface area (Å²) in [6, 6.07) is 0. The van der Waals surface area contributed by atoms with Gasteiger partial charge in [-0.3, -0.25) is 14.4 Å². The second-order valence-electron chi connectivity index (χ2n) is 24.5. The minimum atomic E-state index is -0.761. The second-order valence-corrected chi connectivity index (χ2v) is 24.5. The smallest absolute Gasteiger partial charge is 0.306 e. The molecule has 0 heterocycles. The maximum atomic E-state index is 12.9. The fourth-order valence-corrected chi connectivity index (χ4v) is 11.3. The lowest BCUT2D eigenvalue weighted by Crippen LogP contribution is -2.30. The zero-order valence-corrected chi connectivity index (χ0v) is 52.8. The van der Waals surface area contributed by atoms with E-state index in [1.165, 1.54) is 321 Å². The first-order valence-electron chi connectivity index (χ1n) is 35.5. The normalized spacial score (nSPS) is 11.9. The van der Waals surface area contributed by atoms with Gasteiger partial charge in [0.1, 0.15) is 13.2 Å². The molecule has 0 rings (SSSR count). The molecule has 0 aliphatic rings. The monoisotopic (exact) mass is 1090 g/mol. The first-order valence-corrected chi connectivity index (χ1v) is 35.5. The lowest BCUT2D eigenvalue weighted by molar-refractivity contribution is -0.167. The Balaban J connectivity index is 3.94. The molecule has 6 nitrogen and oxygen atoms in total. The topological polar surface area (TPSA) is 78.9 Å². The van der Waals surface area contributed by atoms with Gasteiger partial charge in [-0.2, -0.15) is 0 Å². The van der Waals surface area contributed by atoms with Crippen LogP contribution in [-0.2, 0) is 28.6 Å². The van der Waals surface area contributed by atoms with Crippen molar-refractivity contribution in [2.75, 3.05) is 13.2 Å². The highest BCUT2D eigenvalue weighted by molar-refractivity contribution is 5.71. The molecule has 0 aromatic heterocycles. The summed E-state index contributed by atoms with van der Waals surface area (Å²) < 4.78 is 16.9. The summed E-state index contributed by atoms with van der Waals surface area (Å²) in [4.78, 5) is 38.1. The van der Waals surface area contributed by atoms with Crippen LogP contribution in [0.1, 0.15) is 419 Å². The van der Waals surface area contributed by atoms with Crippen LogP contribution in [-0.4, -0.2) is 37.2 Å². The molecule has 0 N–H and O–H groups in total. The van der Waals surface area contributed by atoms with Crippen LogP contribution < -0.4 is 0 Å². The van der Waals surface area contributed by atoms with E-state index in [1.54, 1.807) is 0 Å². The molecule has 0 amide bonds. The molecule has 0 aromatic carbocycles. The third-order valence-electron chi connectivity index (χ3n) is 16.6. The first-order chi connectivity index (χ1) is 38.0. The van der Waals surface area contributed by atoms with Gasteiger partial charge in [0.15, 0.2) is 6.10 Å². The van der Waals surface area contributed by atoms with Crippen LogP contribution >= 0.6 is 0 Å². The Bertz CT molecular complexity index is 1160. The minimum Gasteiger partial charge on any atom is -0.462 e. The van der Waals surface area contributed by atoms with Crippen molar-refractivity contribution >= 4 is 17.9 Å². The number of carbonyl (C=O) groups excluding carboxylic acids is 3. The van der Waals surface area contributed by atoms with E-state index in [0.29, 0.717) is 19.3 Å². The molecular weight excluding hydrogens is 949 g/mol. The van der Waals surface area contributed by atoms with E-state index in [4.69, 9.17) is 14.2 Å². The average molecular weight is 1090 g/mol. The highest BCUT2D eigenvalue weighted by Gasteiger charge is 2.19. The maximum Gasteiger partial charge on any atom is 0.306 e. The molecular formula is C71H138O6. The lowest BCUT2D eigenvalue weighted by Gasteiger charge is -2.18. The average Bonchev–Trinajstić information content (AvgIpc) is 3.43. The Hall–Kier alpha value is -1.59. The Labute approximate surface area is 482 Å². The van der Waals surface area contributed by atoms with E-state index in [-0.39, 0.29) is 31.1 Å². The predicted molar refractivity (Wildman–Crippen MR) is 335 cm³/mol. The molecule has 0 radical (unpaired) electrons. The van der Waals surface area contributed by atoms with Crippen LogP contribution in [0.3, 0.4) is 0 Å². The Morgan fingerprint density at radius 2 is 0.351 bits per heavy atom. The Kier molecular flexibility index (Phi) is 65.5. The quantitative estimate of drug-likeness (QED) is 0.0343. The van der Waals surface area contributed by atoms with Crippen molar-refractivity contribution in [1.82, 2.24) is 0 Å². The van der Waals surface area contributed by atoms with Gasteiger partial charge in [-0.1, -0.05) is 380 Å². The minimum absolute atomic E-state index is 0.0616. The number of carbonyl (C=O) groups is 3. The summed E-state index contributed by atoms with van der Waals surface area (Å²) in [6.45, 7) is 6.68. The molecule has 0 spiro atoms. The van der Waals surface area contributed by atoms with E-state index in [2.05, 4.69) is 20.8 Å².